The van der Waals surface area contributed by atoms with Crippen LogP contribution in [0.2, 0.25) is 10.0 Å². The van der Waals surface area contributed by atoms with Gasteiger partial charge in [-0.2, -0.15) is 5.10 Å². The largest absolute Gasteiger partial charge is 0.422 e. The fraction of sp³-hybridized carbons (Fsp3) is 0.0345. The number of ether oxygens (including phenoxy) is 1. The second-order valence-corrected chi connectivity index (χ2v) is 8.94. The van der Waals surface area contributed by atoms with E-state index in [4.69, 9.17) is 27.9 Å². The summed E-state index contributed by atoms with van der Waals surface area (Å²) < 4.78 is 5.47. The Labute approximate surface area is 229 Å². The van der Waals surface area contributed by atoms with Gasteiger partial charge in [-0.1, -0.05) is 53.5 Å². The van der Waals surface area contributed by atoms with Crippen molar-refractivity contribution in [3.05, 3.63) is 129 Å². The van der Waals surface area contributed by atoms with Crippen LogP contribution in [-0.4, -0.2) is 24.0 Å². The molecule has 0 spiro atoms. The molecule has 0 saturated heterocycles. The molecule has 0 aliphatic carbocycles. The molecule has 0 fully saturated rings. The normalized spacial score (nSPS) is 10.7. The van der Waals surface area contributed by atoms with Gasteiger partial charge < -0.3 is 10.1 Å². The highest BCUT2D eigenvalue weighted by molar-refractivity contribution is 6.31. The Kier molecular flexibility index (Phi) is 8.87. The lowest BCUT2D eigenvalue weighted by molar-refractivity contribution is -0.115. The van der Waals surface area contributed by atoms with E-state index in [0.717, 1.165) is 5.56 Å². The van der Waals surface area contributed by atoms with Gasteiger partial charge in [0.05, 0.1) is 18.2 Å². The predicted molar refractivity (Wildman–Crippen MR) is 148 cm³/mol. The zero-order valence-electron chi connectivity index (χ0n) is 19.9. The van der Waals surface area contributed by atoms with Crippen molar-refractivity contribution >= 4 is 52.9 Å². The summed E-state index contributed by atoms with van der Waals surface area (Å²) in [5, 5.41) is 7.67. The Morgan fingerprint density at radius 2 is 1.45 bits per heavy atom. The summed E-state index contributed by atoms with van der Waals surface area (Å²) in [6, 6.07) is 26.7. The molecule has 0 bridgehead atoms. The molecule has 4 rings (SSSR count). The van der Waals surface area contributed by atoms with Gasteiger partial charge in [-0.3, -0.25) is 9.59 Å². The molecule has 7 nitrogen and oxygen atoms in total. The smallest absolute Gasteiger partial charge is 0.343 e. The number of carbonyl (C=O) groups excluding carboxylic acids is 3. The molecule has 4 aromatic carbocycles. The van der Waals surface area contributed by atoms with E-state index in [1.54, 1.807) is 60.7 Å². The Balaban J connectivity index is 1.35. The lowest BCUT2D eigenvalue weighted by atomic mass is 10.1. The van der Waals surface area contributed by atoms with Gasteiger partial charge in [0.2, 0.25) is 5.91 Å². The average molecular weight is 546 g/mol. The van der Waals surface area contributed by atoms with Crippen molar-refractivity contribution in [3.8, 4) is 5.75 Å². The summed E-state index contributed by atoms with van der Waals surface area (Å²) in [5.41, 5.74) is 4.94. The van der Waals surface area contributed by atoms with E-state index in [9.17, 15) is 14.4 Å². The molecule has 190 valence electrons. The first-order valence-corrected chi connectivity index (χ1v) is 12.2. The minimum Gasteiger partial charge on any atom is -0.422 e. The molecule has 38 heavy (non-hydrogen) atoms. The van der Waals surface area contributed by atoms with Gasteiger partial charge in [0.15, 0.2) is 0 Å². The van der Waals surface area contributed by atoms with Crippen molar-refractivity contribution in [2.24, 2.45) is 5.10 Å². The zero-order chi connectivity index (χ0) is 26.9. The maximum atomic E-state index is 12.5. The molecule has 0 heterocycles. The van der Waals surface area contributed by atoms with E-state index in [-0.39, 0.29) is 18.1 Å². The summed E-state index contributed by atoms with van der Waals surface area (Å²) in [6.07, 6.45) is 1.57. The van der Waals surface area contributed by atoms with Gasteiger partial charge in [0.1, 0.15) is 5.75 Å². The SMILES string of the molecule is O=C(Cc1ccccc1)Nc1ccc(C(=O)N/N=C/c2cc(Cl)ccc2OC(=O)c2ccc(Cl)cc2)cc1. The Bertz CT molecular complexity index is 1470. The van der Waals surface area contributed by atoms with Gasteiger partial charge in [0.25, 0.3) is 5.91 Å². The molecular weight excluding hydrogens is 525 g/mol. The third-order valence-corrected chi connectivity index (χ3v) is 5.75. The number of benzene rings is 4. The Morgan fingerprint density at radius 1 is 0.789 bits per heavy atom. The van der Waals surface area contributed by atoms with Crippen LogP contribution in [0, 0.1) is 0 Å². The predicted octanol–water partition coefficient (Wildman–Crippen LogP) is 6.16. The van der Waals surface area contributed by atoms with Crippen LogP contribution in [-0.2, 0) is 11.2 Å². The van der Waals surface area contributed by atoms with Gasteiger partial charge in [-0.15, -0.1) is 0 Å². The molecule has 0 aromatic heterocycles. The number of amides is 2. The van der Waals surface area contributed by atoms with Crippen molar-refractivity contribution in [1.82, 2.24) is 5.43 Å². The first-order valence-electron chi connectivity index (χ1n) is 11.4. The molecule has 0 saturated carbocycles. The van der Waals surface area contributed by atoms with Crippen LogP contribution in [0.25, 0.3) is 0 Å². The fourth-order valence-corrected chi connectivity index (χ4v) is 3.68. The first kappa shape index (κ1) is 26.6. The Morgan fingerprint density at radius 3 is 2.16 bits per heavy atom. The molecule has 2 amide bonds. The number of hydrogen-bond donors (Lipinski definition) is 2. The van der Waals surface area contributed by atoms with Crippen molar-refractivity contribution in [3.63, 3.8) is 0 Å². The number of nitrogens with zero attached hydrogens (tertiary/aromatic N) is 1. The van der Waals surface area contributed by atoms with Crippen LogP contribution in [0.3, 0.4) is 0 Å². The molecule has 0 aliphatic heterocycles. The summed E-state index contributed by atoms with van der Waals surface area (Å²) in [7, 11) is 0. The quantitative estimate of drug-likeness (QED) is 0.120. The number of anilines is 1. The fourth-order valence-electron chi connectivity index (χ4n) is 3.37. The maximum Gasteiger partial charge on any atom is 0.343 e. The van der Waals surface area contributed by atoms with Gasteiger partial charge in [-0.05, 0) is 72.3 Å². The Hall–Kier alpha value is -4.46. The van der Waals surface area contributed by atoms with Crippen molar-refractivity contribution < 1.29 is 19.1 Å². The molecule has 0 radical (unpaired) electrons. The monoisotopic (exact) mass is 545 g/mol. The van der Waals surface area contributed by atoms with E-state index in [0.29, 0.717) is 32.4 Å². The van der Waals surface area contributed by atoms with E-state index in [1.165, 1.54) is 12.3 Å². The number of carbonyl (C=O) groups is 3. The molecule has 0 unspecified atom stereocenters. The molecule has 0 aliphatic rings. The second-order valence-electron chi connectivity index (χ2n) is 8.07. The van der Waals surface area contributed by atoms with Gasteiger partial charge >= 0.3 is 5.97 Å². The lowest BCUT2D eigenvalue weighted by Crippen LogP contribution is -2.18. The third kappa shape index (κ3) is 7.52. The van der Waals surface area contributed by atoms with Crippen molar-refractivity contribution in [1.29, 1.82) is 0 Å². The number of esters is 1. The minimum absolute atomic E-state index is 0.160. The molecule has 0 atom stereocenters. The highest BCUT2D eigenvalue weighted by Gasteiger charge is 2.12. The number of hydrazone groups is 1. The second kappa shape index (κ2) is 12.7. The van der Waals surface area contributed by atoms with Crippen molar-refractivity contribution in [2.75, 3.05) is 5.32 Å². The van der Waals surface area contributed by atoms with Crippen molar-refractivity contribution in [2.45, 2.75) is 6.42 Å². The van der Waals surface area contributed by atoms with Crippen LogP contribution in [0.5, 0.6) is 5.75 Å². The summed E-state index contributed by atoms with van der Waals surface area (Å²) in [5.74, 6) is -1.00. The number of rotatable bonds is 8. The highest BCUT2D eigenvalue weighted by Crippen LogP contribution is 2.23. The number of hydrogen-bond acceptors (Lipinski definition) is 5. The summed E-state index contributed by atoms with van der Waals surface area (Å²) >= 11 is 12.0. The van der Waals surface area contributed by atoms with Gasteiger partial charge in [-0.25, -0.2) is 10.2 Å². The average Bonchev–Trinajstić information content (AvgIpc) is 2.91. The summed E-state index contributed by atoms with van der Waals surface area (Å²) in [4.78, 5) is 37.2. The maximum absolute atomic E-state index is 12.5. The van der Waals surface area contributed by atoms with E-state index >= 15 is 0 Å². The number of halogens is 2. The van der Waals surface area contributed by atoms with Crippen LogP contribution < -0.4 is 15.5 Å². The standard InChI is InChI=1S/C29H21Cl2N3O4/c30-23-10-6-21(7-11-23)29(37)38-26-15-12-24(31)17-22(26)18-32-34-28(36)20-8-13-25(14-9-20)33-27(35)16-19-4-2-1-3-5-19/h1-15,17-18H,16H2,(H,33,35)(H,34,36)/b32-18+. The van der Waals surface area contributed by atoms with E-state index < -0.39 is 11.9 Å². The van der Waals surface area contributed by atoms with E-state index in [2.05, 4.69) is 15.8 Å². The highest BCUT2D eigenvalue weighted by atomic mass is 35.5. The minimum atomic E-state index is -0.585. The summed E-state index contributed by atoms with van der Waals surface area (Å²) in [6.45, 7) is 0. The third-order valence-electron chi connectivity index (χ3n) is 5.26. The van der Waals surface area contributed by atoms with Gasteiger partial charge in [0, 0.05) is 26.9 Å². The number of nitrogens with one attached hydrogen (secondary N) is 2. The zero-order valence-corrected chi connectivity index (χ0v) is 21.4. The lowest BCUT2D eigenvalue weighted by Gasteiger charge is -2.08. The first-order chi connectivity index (χ1) is 18.4. The topological polar surface area (TPSA) is 96.9 Å². The van der Waals surface area contributed by atoms with Crippen LogP contribution >= 0.6 is 23.2 Å². The molecule has 2 N–H and O–H groups in total. The van der Waals surface area contributed by atoms with Crippen LogP contribution in [0.1, 0.15) is 31.8 Å². The van der Waals surface area contributed by atoms with Crippen LogP contribution in [0.15, 0.2) is 102 Å². The van der Waals surface area contributed by atoms with Crippen LogP contribution in [0.4, 0.5) is 5.69 Å². The molecule has 4 aromatic rings. The van der Waals surface area contributed by atoms with E-state index in [1.807, 2.05) is 30.3 Å². The molecular formula is C29H21Cl2N3O4. The molecule has 9 heteroatoms.